The average molecular weight is 201 g/mol. The Kier molecular flexibility index (Phi) is 4.40. The summed E-state index contributed by atoms with van der Waals surface area (Å²) >= 11 is 0. The minimum Gasteiger partial charge on any atom is -0.481 e. The number of hydrogen-bond donors (Lipinski definition) is 1. The Morgan fingerprint density at radius 1 is 1.57 bits per heavy atom. The summed E-state index contributed by atoms with van der Waals surface area (Å²) in [7, 11) is 0. The monoisotopic (exact) mass is 201 g/mol. The smallest absolute Gasteiger partial charge is 0.315 e. The van der Waals surface area contributed by atoms with E-state index >= 15 is 0 Å². The second-order valence-electron chi connectivity index (χ2n) is 3.92. The third kappa shape index (κ3) is 4.69. The Morgan fingerprint density at radius 2 is 2.07 bits per heavy atom. The van der Waals surface area contributed by atoms with Gasteiger partial charge in [0.1, 0.15) is 0 Å². The molecule has 0 aromatic rings. The van der Waals surface area contributed by atoms with Crippen LogP contribution in [0.2, 0.25) is 0 Å². The molecule has 2 atom stereocenters. The van der Waals surface area contributed by atoms with E-state index in [0.29, 0.717) is 0 Å². The molecule has 0 heterocycles. The van der Waals surface area contributed by atoms with E-state index in [1.54, 1.807) is 27.7 Å². The number of carboxylic acid groups (broad SMARTS) is 1. The maximum Gasteiger partial charge on any atom is 0.315 e. The normalized spacial score (nSPS) is 15.4. The molecule has 0 saturated carbocycles. The molecule has 0 aromatic heterocycles. The second kappa shape index (κ2) is 4.83. The molecule has 14 heavy (non-hydrogen) atoms. The van der Waals surface area contributed by atoms with E-state index in [1.807, 2.05) is 0 Å². The molecule has 0 spiro atoms. The largest absolute Gasteiger partial charge is 0.481 e. The zero-order chi connectivity index (χ0) is 11.4. The van der Waals surface area contributed by atoms with Crippen LogP contribution in [0.5, 0.6) is 0 Å². The quantitative estimate of drug-likeness (QED) is 0.427. The number of nitrogens with zero attached hydrogens (tertiary/aromatic N) is 3. The number of aliphatic carboxylic acids is 1. The Balaban J connectivity index is 4.53. The number of carbonyl (C=O) groups is 1. The van der Waals surface area contributed by atoms with Gasteiger partial charge in [0, 0.05) is 4.91 Å². The minimum absolute atomic E-state index is 0.460. The predicted molar refractivity (Wildman–Crippen MR) is 50.9 cm³/mol. The Hall–Kier alpha value is -1.26. The Bertz CT molecular complexity index is 251. The molecule has 0 saturated heterocycles. The van der Waals surface area contributed by atoms with Gasteiger partial charge in [-0.15, -0.1) is 0 Å². The molecule has 0 aliphatic carbocycles. The highest BCUT2D eigenvalue weighted by Gasteiger charge is 2.27. The standard InChI is InChI=1S/C8H15N3O3/c1-5(14-8(2,3)4)6(7(12)13)10-11-9/h5-6H,1-4H3,(H,12,13)/t5-,6+/m1/s1. The van der Waals surface area contributed by atoms with Crippen LogP contribution < -0.4 is 0 Å². The highest BCUT2D eigenvalue weighted by Crippen LogP contribution is 2.14. The Labute approximate surface area is 82.5 Å². The van der Waals surface area contributed by atoms with Gasteiger partial charge >= 0.3 is 5.97 Å². The molecule has 0 aliphatic rings. The molecule has 0 bridgehead atoms. The summed E-state index contributed by atoms with van der Waals surface area (Å²) in [5.74, 6) is -1.18. The van der Waals surface area contributed by atoms with Gasteiger partial charge in [-0.05, 0) is 33.2 Å². The third-order valence-electron chi connectivity index (χ3n) is 1.41. The lowest BCUT2D eigenvalue weighted by Crippen LogP contribution is -2.37. The summed E-state index contributed by atoms with van der Waals surface area (Å²) < 4.78 is 5.37. The summed E-state index contributed by atoms with van der Waals surface area (Å²) in [6, 6.07) is -1.18. The third-order valence-corrected chi connectivity index (χ3v) is 1.41. The summed E-state index contributed by atoms with van der Waals surface area (Å²) in [6.07, 6.45) is -0.650. The van der Waals surface area contributed by atoms with Crippen molar-refractivity contribution in [3.05, 3.63) is 10.4 Å². The van der Waals surface area contributed by atoms with Gasteiger partial charge in [0.15, 0.2) is 6.04 Å². The van der Waals surface area contributed by atoms with Crippen molar-refractivity contribution in [2.24, 2.45) is 5.11 Å². The van der Waals surface area contributed by atoms with E-state index < -0.39 is 23.7 Å². The van der Waals surface area contributed by atoms with Crippen LogP contribution in [-0.4, -0.2) is 28.8 Å². The van der Waals surface area contributed by atoms with Gasteiger partial charge in [0.25, 0.3) is 0 Å². The Morgan fingerprint density at radius 3 is 2.36 bits per heavy atom. The van der Waals surface area contributed by atoms with Crippen molar-refractivity contribution in [1.82, 2.24) is 0 Å². The fourth-order valence-corrected chi connectivity index (χ4v) is 1.02. The number of ether oxygens (including phenoxy) is 1. The maximum atomic E-state index is 10.7. The van der Waals surface area contributed by atoms with E-state index in [9.17, 15) is 4.79 Å². The van der Waals surface area contributed by atoms with Crippen molar-refractivity contribution in [2.75, 3.05) is 0 Å². The van der Waals surface area contributed by atoms with Crippen molar-refractivity contribution in [2.45, 2.75) is 45.4 Å². The zero-order valence-electron chi connectivity index (χ0n) is 8.76. The van der Waals surface area contributed by atoms with Gasteiger partial charge < -0.3 is 9.84 Å². The zero-order valence-corrected chi connectivity index (χ0v) is 8.76. The van der Waals surface area contributed by atoms with Crippen molar-refractivity contribution < 1.29 is 14.6 Å². The summed E-state index contributed by atoms with van der Waals surface area (Å²) in [5.41, 5.74) is 7.71. The molecular formula is C8H15N3O3. The first kappa shape index (κ1) is 12.7. The first-order valence-electron chi connectivity index (χ1n) is 4.23. The number of azide groups is 1. The maximum absolute atomic E-state index is 10.7. The van der Waals surface area contributed by atoms with Crippen LogP contribution in [0.1, 0.15) is 27.7 Å². The lowest BCUT2D eigenvalue weighted by molar-refractivity contribution is -0.145. The highest BCUT2D eigenvalue weighted by molar-refractivity contribution is 5.74. The summed E-state index contributed by atoms with van der Waals surface area (Å²) in [6.45, 7) is 6.98. The second-order valence-corrected chi connectivity index (χ2v) is 3.92. The molecular weight excluding hydrogens is 186 g/mol. The molecule has 0 rings (SSSR count). The molecule has 0 aliphatic heterocycles. The van der Waals surface area contributed by atoms with Crippen LogP contribution >= 0.6 is 0 Å². The first-order valence-corrected chi connectivity index (χ1v) is 4.23. The summed E-state index contributed by atoms with van der Waals surface area (Å²) in [4.78, 5) is 13.1. The number of hydrogen-bond acceptors (Lipinski definition) is 3. The van der Waals surface area contributed by atoms with E-state index in [4.69, 9.17) is 15.4 Å². The van der Waals surface area contributed by atoms with Crippen LogP contribution in [0.3, 0.4) is 0 Å². The topological polar surface area (TPSA) is 95.3 Å². The van der Waals surface area contributed by atoms with Crippen LogP contribution in [0, 0.1) is 0 Å². The lowest BCUT2D eigenvalue weighted by Gasteiger charge is -2.26. The van der Waals surface area contributed by atoms with Gasteiger partial charge in [-0.25, -0.2) is 0 Å². The van der Waals surface area contributed by atoms with Crippen LogP contribution in [0.4, 0.5) is 0 Å². The molecule has 0 fully saturated rings. The van der Waals surface area contributed by atoms with Gasteiger partial charge in [-0.3, -0.25) is 4.79 Å². The predicted octanol–water partition coefficient (Wildman–Crippen LogP) is 1.95. The SMILES string of the molecule is C[C@@H](OC(C)(C)C)[C@H](N=[N+]=[N-])C(=O)O. The van der Waals surface area contributed by atoms with E-state index in [2.05, 4.69) is 10.0 Å². The van der Waals surface area contributed by atoms with Crippen molar-refractivity contribution in [3.8, 4) is 0 Å². The molecule has 6 heteroatoms. The van der Waals surface area contributed by atoms with Gasteiger partial charge in [0.05, 0.1) is 11.7 Å². The fraction of sp³-hybridized carbons (Fsp3) is 0.875. The minimum atomic E-state index is -1.18. The van der Waals surface area contributed by atoms with Gasteiger partial charge in [-0.1, -0.05) is 5.11 Å². The molecule has 0 radical (unpaired) electrons. The van der Waals surface area contributed by atoms with Gasteiger partial charge in [0.2, 0.25) is 0 Å². The summed E-state index contributed by atoms with van der Waals surface area (Å²) in [5, 5.41) is 11.9. The van der Waals surface area contributed by atoms with E-state index in [-0.39, 0.29) is 0 Å². The number of carboxylic acids is 1. The molecule has 1 N–H and O–H groups in total. The van der Waals surface area contributed by atoms with Crippen LogP contribution in [-0.2, 0) is 9.53 Å². The van der Waals surface area contributed by atoms with Crippen LogP contribution in [0.15, 0.2) is 5.11 Å². The van der Waals surface area contributed by atoms with E-state index in [0.717, 1.165) is 0 Å². The molecule has 0 amide bonds. The fourth-order valence-electron chi connectivity index (χ4n) is 1.02. The van der Waals surface area contributed by atoms with Crippen LogP contribution in [0.25, 0.3) is 10.4 Å². The number of rotatable bonds is 4. The molecule has 80 valence electrons. The highest BCUT2D eigenvalue weighted by atomic mass is 16.5. The van der Waals surface area contributed by atoms with E-state index in [1.165, 1.54) is 0 Å². The average Bonchev–Trinajstić information content (AvgIpc) is 1.95. The van der Waals surface area contributed by atoms with Crippen molar-refractivity contribution >= 4 is 5.97 Å². The molecule has 0 aromatic carbocycles. The van der Waals surface area contributed by atoms with Crippen molar-refractivity contribution in [1.29, 1.82) is 0 Å². The lowest BCUT2D eigenvalue weighted by atomic mass is 10.1. The first-order chi connectivity index (χ1) is 6.28. The molecule has 0 unspecified atom stereocenters. The molecule has 6 nitrogen and oxygen atoms in total. The van der Waals surface area contributed by atoms with Crippen molar-refractivity contribution in [3.63, 3.8) is 0 Å². The van der Waals surface area contributed by atoms with Gasteiger partial charge in [-0.2, -0.15) is 0 Å².